The first-order chi connectivity index (χ1) is 6.70. The molecule has 0 aliphatic carbocycles. The van der Waals surface area contributed by atoms with Crippen LogP contribution >= 0.6 is 0 Å². The summed E-state index contributed by atoms with van der Waals surface area (Å²) in [6.07, 6.45) is 0.453. The molecule has 0 heterocycles. The minimum absolute atomic E-state index is 0.161. The number of ether oxygens (including phenoxy) is 1. The van der Waals surface area contributed by atoms with E-state index in [0.717, 1.165) is 0 Å². The van der Waals surface area contributed by atoms with E-state index in [1.165, 1.54) is 0 Å². The summed E-state index contributed by atoms with van der Waals surface area (Å²) < 4.78 is 5.26. The van der Waals surface area contributed by atoms with Crippen molar-refractivity contribution in [2.75, 3.05) is 12.3 Å². The third kappa shape index (κ3) is 1.90. The molecule has 0 aliphatic heterocycles. The second-order valence-corrected chi connectivity index (χ2v) is 2.68. The first kappa shape index (κ1) is 10.2. The molecule has 0 saturated heterocycles. The number of hydrogen-bond donors (Lipinski definition) is 2. The first-order valence-corrected chi connectivity index (χ1v) is 4.26. The van der Waals surface area contributed by atoms with Crippen molar-refractivity contribution in [3.05, 3.63) is 23.8 Å². The summed E-state index contributed by atoms with van der Waals surface area (Å²) in [4.78, 5) is 10.5. The zero-order valence-electron chi connectivity index (χ0n) is 7.91. The van der Waals surface area contributed by atoms with Gasteiger partial charge in [-0.15, -0.1) is 0 Å². The molecule has 0 atom stereocenters. The zero-order chi connectivity index (χ0) is 10.6. The summed E-state index contributed by atoms with van der Waals surface area (Å²) in [7, 11) is 0. The van der Waals surface area contributed by atoms with Crippen molar-refractivity contribution < 1.29 is 9.53 Å². The normalized spacial score (nSPS) is 9.50. The van der Waals surface area contributed by atoms with E-state index < -0.39 is 0 Å². The molecule has 0 unspecified atom stereocenters. The van der Waals surface area contributed by atoms with E-state index in [1.54, 1.807) is 18.2 Å². The van der Waals surface area contributed by atoms with Crippen LogP contribution in [-0.4, -0.2) is 18.6 Å². The molecular formula is C10H12N2O2. The second-order valence-electron chi connectivity index (χ2n) is 2.68. The fourth-order valence-corrected chi connectivity index (χ4v) is 1.17. The zero-order valence-corrected chi connectivity index (χ0v) is 7.91. The van der Waals surface area contributed by atoms with Gasteiger partial charge < -0.3 is 10.5 Å². The van der Waals surface area contributed by atoms with Crippen molar-refractivity contribution in [3.8, 4) is 5.75 Å². The maximum Gasteiger partial charge on any atom is 0.168 e. The van der Waals surface area contributed by atoms with Gasteiger partial charge in [0.1, 0.15) is 11.5 Å². The Kier molecular flexibility index (Phi) is 3.23. The van der Waals surface area contributed by atoms with Gasteiger partial charge in [-0.2, -0.15) is 0 Å². The van der Waals surface area contributed by atoms with E-state index in [0.29, 0.717) is 29.9 Å². The van der Waals surface area contributed by atoms with Gasteiger partial charge in [-0.1, -0.05) is 6.07 Å². The number of nitrogens with one attached hydrogen (secondary N) is 1. The molecule has 3 N–H and O–H groups in total. The van der Waals surface area contributed by atoms with Crippen molar-refractivity contribution >= 4 is 17.7 Å². The molecule has 0 spiro atoms. The average Bonchev–Trinajstić information content (AvgIpc) is 2.18. The van der Waals surface area contributed by atoms with Gasteiger partial charge in [-0.05, 0) is 19.1 Å². The Hall–Kier alpha value is -1.84. The molecule has 1 rings (SSSR count). The largest absolute Gasteiger partial charge is 0.493 e. The van der Waals surface area contributed by atoms with Crippen molar-refractivity contribution in [1.29, 1.82) is 5.41 Å². The standard InChI is InChI=1S/C10H12N2O2/c1-2-14-9-5-3-4-7(11)10(9)8(12)6-13/h3-6,12H,2,11H2,1H3. The fourth-order valence-electron chi connectivity index (χ4n) is 1.17. The lowest BCUT2D eigenvalue weighted by Gasteiger charge is -2.10. The van der Waals surface area contributed by atoms with Crippen LogP contribution in [0.4, 0.5) is 5.69 Å². The average molecular weight is 192 g/mol. The van der Waals surface area contributed by atoms with Gasteiger partial charge in [-0.25, -0.2) is 0 Å². The van der Waals surface area contributed by atoms with Crippen LogP contribution in [0.15, 0.2) is 18.2 Å². The van der Waals surface area contributed by atoms with E-state index in [9.17, 15) is 4.79 Å². The third-order valence-corrected chi connectivity index (χ3v) is 1.75. The first-order valence-electron chi connectivity index (χ1n) is 4.26. The number of nitrogens with two attached hydrogens (primary N) is 1. The molecule has 0 amide bonds. The summed E-state index contributed by atoms with van der Waals surface area (Å²) in [6, 6.07) is 5.05. The monoisotopic (exact) mass is 192 g/mol. The smallest absolute Gasteiger partial charge is 0.168 e. The fraction of sp³-hybridized carbons (Fsp3) is 0.200. The molecule has 1 aromatic carbocycles. The van der Waals surface area contributed by atoms with E-state index in [4.69, 9.17) is 15.9 Å². The lowest BCUT2D eigenvalue weighted by molar-refractivity contribution is -0.102. The van der Waals surface area contributed by atoms with Crippen molar-refractivity contribution in [3.63, 3.8) is 0 Å². The summed E-state index contributed by atoms with van der Waals surface area (Å²) in [5, 5.41) is 7.41. The Morgan fingerprint density at radius 2 is 2.36 bits per heavy atom. The number of aldehydes is 1. The molecular weight excluding hydrogens is 180 g/mol. The SMILES string of the molecule is CCOc1cccc(N)c1C(=N)C=O. The predicted octanol–water partition coefficient (Wildman–Crippen LogP) is 1.23. The van der Waals surface area contributed by atoms with Crippen molar-refractivity contribution in [2.45, 2.75) is 6.92 Å². The van der Waals surface area contributed by atoms with Gasteiger partial charge >= 0.3 is 0 Å². The summed E-state index contributed by atoms with van der Waals surface area (Å²) >= 11 is 0. The van der Waals surface area contributed by atoms with Gasteiger partial charge in [-0.3, -0.25) is 10.2 Å². The Morgan fingerprint density at radius 1 is 1.64 bits per heavy atom. The van der Waals surface area contributed by atoms with Crippen molar-refractivity contribution in [1.82, 2.24) is 0 Å². The molecule has 0 aliphatic rings. The topological polar surface area (TPSA) is 76.2 Å². The van der Waals surface area contributed by atoms with Crippen molar-refractivity contribution in [2.24, 2.45) is 0 Å². The van der Waals surface area contributed by atoms with Gasteiger partial charge in [0.05, 0.1) is 12.2 Å². The molecule has 0 fully saturated rings. The summed E-state index contributed by atoms with van der Waals surface area (Å²) in [5.41, 5.74) is 6.24. The van der Waals surface area contributed by atoms with Crippen LogP contribution in [-0.2, 0) is 4.79 Å². The van der Waals surface area contributed by atoms with Crippen LogP contribution in [0, 0.1) is 5.41 Å². The minimum Gasteiger partial charge on any atom is -0.493 e. The third-order valence-electron chi connectivity index (χ3n) is 1.75. The second kappa shape index (κ2) is 4.41. The molecule has 0 bridgehead atoms. The molecule has 0 saturated carbocycles. The summed E-state index contributed by atoms with van der Waals surface area (Å²) in [5.74, 6) is 0.476. The maximum absolute atomic E-state index is 10.5. The maximum atomic E-state index is 10.5. The van der Waals surface area contributed by atoms with Crippen LogP contribution in [0.2, 0.25) is 0 Å². The number of benzene rings is 1. The van der Waals surface area contributed by atoms with E-state index in [-0.39, 0.29) is 5.71 Å². The lowest BCUT2D eigenvalue weighted by atomic mass is 10.1. The minimum atomic E-state index is -0.161. The van der Waals surface area contributed by atoms with Gasteiger partial charge in [0, 0.05) is 5.69 Å². The molecule has 74 valence electrons. The van der Waals surface area contributed by atoms with Crippen LogP contribution < -0.4 is 10.5 Å². The number of nitrogen functional groups attached to an aromatic ring is 1. The van der Waals surface area contributed by atoms with Crippen LogP contribution in [0.1, 0.15) is 12.5 Å². The van der Waals surface area contributed by atoms with Gasteiger partial charge in [0.15, 0.2) is 6.29 Å². The van der Waals surface area contributed by atoms with E-state index >= 15 is 0 Å². The number of rotatable bonds is 4. The van der Waals surface area contributed by atoms with Crippen LogP contribution in [0.5, 0.6) is 5.75 Å². The predicted molar refractivity (Wildman–Crippen MR) is 54.9 cm³/mol. The van der Waals surface area contributed by atoms with E-state index in [2.05, 4.69) is 0 Å². The summed E-state index contributed by atoms with van der Waals surface area (Å²) in [6.45, 7) is 2.31. The molecule has 0 aromatic heterocycles. The molecule has 1 aromatic rings. The molecule has 14 heavy (non-hydrogen) atoms. The number of carbonyl (C=O) groups is 1. The number of anilines is 1. The Balaban J connectivity index is 3.21. The van der Waals surface area contributed by atoms with Gasteiger partial charge in [0.25, 0.3) is 0 Å². The Labute approximate surface area is 82.2 Å². The lowest BCUT2D eigenvalue weighted by Crippen LogP contribution is -2.08. The highest BCUT2D eigenvalue weighted by atomic mass is 16.5. The Morgan fingerprint density at radius 3 is 2.93 bits per heavy atom. The molecule has 0 radical (unpaired) electrons. The number of carbonyl (C=O) groups excluding carboxylic acids is 1. The van der Waals surface area contributed by atoms with Crippen LogP contribution in [0.25, 0.3) is 0 Å². The number of hydrogen-bond acceptors (Lipinski definition) is 4. The molecule has 4 heteroatoms. The van der Waals surface area contributed by atoms with Crippen LogP contribution in [0.3, 0.4) is 0 Å². The highest BCUT2D eigenvalue weighted by Crippen LogP contribution is 2.24. The highest BCUT2D eigenvalue weighted by molar-refractivity contribution is 6.37. The highest BCUT2D eigenvalue weighted by Gasteiger charge is 2.11. The van der Waals surface area contributed by atoms with E-state index in [1.807, 2.05) is 6.92 Å². The Bertz CT molecular complexity index is 361. The molecule has 4 nitrogen and oxygen atoms in total. The van der Waals surface area contributed by atoms with Gasteiger partial charge in [0.2, 0.25) is 0 Å². The quantitative estimate of drug-likeness (QED) is 0.428.